The Hall–Kier alpha value is -3.08. The molecular weight excluding hydrogens is 328 g/mol. The summed E-state index contributed by atoms with van der Waals surface area (Å²) in [6.07, 6.45) is 1.70. The van der Waals surface area contributed by atoms with Crippen LogP contribution in [0.3, 0.4) is 0 Å². The van der Waals surface area contributed by atoms with Crippen molar-refractivity contribution < 1.29 is 14.1 Å². The maximum absolute atomic E-state index is 12.4. The Bertz CT molecular complexity index is 918. The van der Waals surface area contributed by atoms with Crippen LogP contribution in [0.2, 0.25) is 0 Å². The van der Waals surface area contributed by atoms with Crippen molar-refractivity contribution in [2.45, 2.75) is 25.8 Å². The quantitative estimate of drug-likeness (QED) is 0.765. The second kappa shape index (κ2) is 7.04. The zero-order chi connectivity index (χ0) is 17.9. The molecule has 132 valence electrons. The molecule has 3 aromatic rings. The molecule has 1 N–H and O–H groups in total. The number of nitrogens with one attached hydrogen (secondary N) is 1. The Morgan fingerprint density at radius 3 is 2.88 bits per heavy atom. The first-order valence-electron chi connectivity index (χ1n) is 8.76. The fraction of sp³-hybridized carbons (Fsp3) is 0.238. The van der Waals surface area contributed by atoms with Crippen molar-refractivity contribution in [2.24, 2.45) is 0 Å². The van der Waals surface area contributed by atoms with Gasteiger partial charge < -0.3 is 14.6 Å². The van der Waals surface area contributed by atoms with Crippen molar-refractivity contribution in [3.8, 4) is 17.1 Å². The summed E-state index contributed by atoms with van der Waals surface area (Å²) in [4.78, 5) is 12.4. The molecule has 0 spiro atoms. The number of carbonyl (C=O) groups is 1. The van der Waals surface area contributed by atoms with Crippen molar-refractivity contribution in [3.63, 3.8) is 0 Å². The van der Waals surface area contributed by atoms with Crippen LogP contribution in [0.15, 0.2) is 59.1 Å². The average molecular weight is 348 g/mol. The van der Waals surface area contributed by atoms with Gasteiger partial charge in [-0.15, -0.1) is 0 Å². The van der Waals surface area contributed by atoms with Gasteiger partial charge in [-0.2, -0.15) is 0 Å². The molecule has 0 saturated heterocycles. The second-order valence-electron chi connectivity index (χ2n) is 6.56. The highest BCUT2D eigenvalue weighted by molar-refractivity contribution is 5.93. The van der Waals surface area contributed by atoms with Crippen LogP contribution < -0.4 is 10.1 Å². The van der Waals surface area contributed by atoms with E-state index in [0.717, 1.165) is 30.8 Å². The van der Waals surface area contributed by atoms with Gasteiger partial charge in [-0.25, -0.2) is 0 Å². The lowest BCUT2D eigenvalue weighted by Gasteiger charge is -2.13. The molecule has 1 aromatic heterocycles. The normalized spacial score (nSPS) is 13.7. The fourth-order valence-electron chi connectivity index (χ4n) is 3.19. The maximum atomic E-state index is 12.4. The number of hydrogen-bond acceptors (Lipinski definition) is 4. The van der Waals surface area contributed by atoms with Gasteiger partial charge in [0.05, 0.1) is 6.61 Å². The van der Waals surface area contributed by atoms with Crippen molar-refractivity contribution in [1.29, 1.82) is 0 Å². The lowest BCUT2D eigenvalue weighted by molar-refractivity contribution is 0.0931. The van der Waals surface area contributed by atoms with Crippen LogP contribution in [0.5, 0.6) is 5.75 Å². The molecule has 1 aliphatic rings. The molecule has 2 heterocycles. The molecule has 5 nitrogen and oxygen atoms in total. The molecule has 5 heteroatoms. The third-order valence-electron chi connectivity index (χ3n) is 4.47. The van der Waals surface area contributed by atoms with Gasteiger partial charge in [-0.05, 0) is 30.5 Å². The molecule has 0 bridgehead atoms. The van der Waals surface area contributed by atoms with E-state index in [2.05, 4.69) is 22.6 Å². The summed E-state index contributed by atoms with van der Waals surface area (Å²) in [5, 5.41) is 6.88. The largest absolute Gasteiger partial charge is 0.493 e. The summed E-state index contributed by atoms with van der Waals surface area (Å²) in [6.45, 7) is 2.74. The Kier molecular flexibility index (Phi) is 4.44. The number of fused-ring (bicyclic) bond motifs is 1. The molecule has 0 fully saturated rings. The number of aromatic nitrogens is 1. The first-order chi connectivity index (χ1) is 12.7. The van der Waals surface area contributed by atoms with Gasteiger partial charge in [0.1, 0.15) is 5.75 Å². The van der Waals surface area contributed by atoms with E-state index >= 15 is 0 Å². The van der Waals surface area contributed by atoms with Crippen LogP contribution in [0.4, 0.5) is 0 Å². The number of carbonyl (C=O) groups excluding carboxylic acids is 1. The van der Waals surface area contributed by atoms with Crippen LogP contribution in [-0.2, 0) is 12.8 Å². The first-order valence-corrected chi connectivity index (χ1v) is 8.76. The SMILES string of the molecule is CC(Cc1ccc2c(c1)CCO2)NC(=O)c1cc(-c2ccccc2)on1. The van der Waals surface area contributed by atoms with E-state index in [1.54, 1.807) is 6.07 Å². The van der Waals surface area contributed by atoms with Crippen molar-refractivity contribution in [2.75, 3.05) is 6.61 Å². The molecule has 1 aliphatic heterocycles. The molecule has 0 aliphatic carbocycles. The molecule has 1 unspecified atom stereocenters. The third-order valence-corrected chi connectivity index (χ3v) is 4.47. The summed E-state index contributed by atoms with van der Waals surface area (Å²) >= 11 is 0. The van der Waals surface area contributed by atoms with Crippen LogP contribution in [-0.4, -0.2) is 23.7 Å². The van der Waals surface area contributed by atoms with Crippen molar-refractivity contribution in [3.05, 3.63) is 71.4 Å². The van der Waals surface area contributed by atoms with E-state index in [4.69, 9.17) is 9.26 Å². The zero-order valence-electron chi connectivity index (χ0n) is 14.6. The van der Waals surface area contributed by atoms with Gasteiger partial charge in [0.25, 0.3) is 5.91 Å². The summed E-state index contributed by atoms with van der Waals surface area (Å²) in [5.74, 6) is 1.33. The average Bonchev–Trinajstić information content (AvgIpc) is 3.31. The predicted molar refractivity (Wildman–Crippen MR) is 98.2 cm³/mol. The number of nitrogens with zero attached hydrogens (tertiary/aromatic N) is 1. The van der Waals surface area contributed by atoms with E-state index in [1.807, 2.05) is 43.3 Å². The van der Waals surface area contributed by atoms with Gasteiger partial charge in [-0.1, -0.05) is 47.6 Å². The fourth-order valence-corrected chi connectivity index (χ4v) is 3.19. The summed E-state index contributed by atoms with van der Waals surface area (Å²) in [7, 11) is 0. The molecule has 0 saturated carbocycles. The van der Waals surface area contributed by atoms with Crippen LogP contribution in [0.25, 0.3) is 11.3 Å². The second-order valence-corrected chi connectivity index (χ2v) is 6.56. The molecule has 1 atom stereocenters. The highest BCUT2D eigenvalue weighted by atomic mass is 16.5. The van der Waals surface area contributed by atoms with Crippen molar-refractivity contribution >= 4 is 5.91 Å². The van der Waals surface area contributed by atoms with Crippen LogP contribution in [0.1, 0.15) is 28.5 Å². The van der Waals surface area contributed by atoms with Gasteiger partial charge in [0.2, 0.25) is 0 Å². The van der Waals surface area contributed by atoms with E-state index in [9.17, 15) is 4.79 Å². The minimum absolute atomic E-state index is 0.0141. The first kappa shape index (κ1) is 16.4. The number of hydrogen-bond donors (Lipinski definition) is 1. The van der Waals surface area contributed by atoms with E-state index in [0.29, 0.717) is 5.76 Å². The highest BCUT2D eigenvalue weighted by Crippen LogP contribution is 2.26. The topological polar surface area (TPSA) is 64.4 Å². The number of amides is 1. The molecular formula is C21H20N2O3. The molecule has 1 amide bonds. The molecule has 0 radical (unpaired) electrons. The molecule has 26 heavy (non-hydrogen) atoms. The minimum atomic E-state index is -0.229. The Labute approximate surface area is 152 Å². The summed E-state index contributed by atoms with van der Waals surface area (Å²) in [5.41, 5.74) is 3.61. The Morgan fingerprint density at radius 1 is 1.19 bits per heavy atom. The number of benzene rings is 2. The minimum Gasteiger partial charge on any atom is -0.493 e. The summed E-state index contributed by atoms with van der Waals surface area (Å²) < 4.78 is 10.8. The van der Waals surface area contributed by atoms with Gasteiger partial charge in [0.15, 0.2) is 11.5 Å². The maximum Gasteiger partial charge on any atom is 0.273 e. The molecule has 2 aromatic carbocycles. The standard InChI is InChI=1S/C21H20N2O3/c1-14(11-15-7-8-19-17(12-15)9-10-25-19)22-21(24)18-13-20(26-23-18)16-5-3-2-4-6-16/h2-8,12-14H,9-11H2,1H3,(H,22,24). The van der Waals surface area contributed by atoms with Crippen LogP contribution in [0, 0.1) is 0 Å². The number of ether oxygens (including phenoxy) is 1. The highest BCUT2D eigenvalue weighted by Gasteiger charge is 2.17. The predicted octanol–water partition coefficient (Wildman–Crippen LogP) is 3.64. The smallest absolute Gasteiger partial charge is 0.273 e. The monoisotopic (exact) mass is 348 g/mol. The number of rotatable bonds is 5. The Balaban J connectivity index is 1.39. The van der Waals surface area contributed by atoms with E-state index < -0.39 is 0 Å². The Morgan fingerprint density at radius 2 is 2.04 bits per heavy atom. The van der Waals surface area contributed by atoms with Crippen molar-refractivity contribution in [1.82, 2.24) is 10.5 Å². The van der Waals surface area contributed by atoms with E-state index in [-0.39, 0.29) is 17.6 Å². The molecule has 4 rings (SSSR count). The summed E-state index contributed by atoms with van der Waals surface area (Å²) in [6, 6.07) is 17.5. The zero-order valence-corrected chi connectivity index (χ0v) is 14.6. The van der Waals surface area contributed by atoms with Gasteiger partial charge in [-0.3, -0.25) is 4.79 Å². The third kappa shape index (κ3) is 3.47. The lowest BCUT2D eigenvalue weighted by Crippen LogP contribution is -2.34. The van der Waals surface area contributed by atoms with Gasteiger partial charge in [0, 0.05) is 24.1 Å². The van der Waals surface area contributed by atoms with Gasteiger partial charge >= 0.3 is 0 Å². The van der Waals surface area contributed by atoms with E-state index in [1.165, 1.54) is 11.1 Å². The van der Waals surface area contributed by atoms with Crippen LogP contribution >= 0.6 is 0 Å². The lowest BCUT2D eigenvalue weighted by atomic mass is 10.0.